The minimum Gasteiger partial charge on any atom is -0.347 e. The van der Waals surface area contributed by atoms with Gasteiger partial charge < -0.3 is 10.2 Å². The predicted molar refractivity (Wildman–Crippen MR) is 110 cm³/mol. The number of benzene rings is 1. The van der Waals surface area contributed by atoms with E-state index in [0.29, 0.717) is 6.54 Å². The molecule has 0 spiro atoms. The molecule has 166 valence electrons. The zero-order valence-corrected chi connectivity index (χ0v) is 17.5. The summed E-state index contributed by atoms with van der Waals surface area (Å²) >= 11 is 0. The molecule has 10 heteroatoms. The Morgan fingerprint density at radius 2 is 1.97 bits per heavy atom. The lowest BCUT2D eigenvalue weighted by Gasteiger charge is -2.39. The molecule has 0 radical (unpaired) electrons. The topological polar surface area (TPSA) is 84.2 Å². The third-order valence-electron chi connectivity index (χ3n) is 6.13. The largest absolute Gasteiger partial charge is 0.416 e. The number of rotatable bonds is 4. The van der Waals surface area contributed by atoms with E-state index in [1.54, 1.807) is 0 Å². The van der Waals surface area contributed by atoms with Crippen LogP contribution >= 0.6 is 0 Å². The van der Waals surface area contributed by atoms with Crippen LogP contribution in [0.25, 0.3) is 0 Å². The Labute approximate surface area is 177 Å². The van der Waals surface area contributed by atoms with E-state index in [1.165, 1.54) is 18.5 Å². The first-order valence-corrected chi connectivity index (χ1v) is 10.1. The molecule has 1 aliphatic carbocycles. The van der Waals surface area contributed by atoms with Crippen LogP contribution in [-0.2, 0) is 6.18 Å². The summed E-state index contributed by atoms with van der Waals surface area (Å²) in [6.07, 6.45) is -0.473. The van der Waals surface area contributed by atoms with Crippen molar-refractivity contribution < 1.29 is 18.1 Å². The second-order valence-electron chi connectivity index (χ2n) is 9.70. The van der Waals surface area contributed by atoms with Gasteiger partial charge in [-0.1, -0.05) is 26.8 Å². The Kier molecular flexibility index (Phi) is 4.86. The second kappa shape index (κ2) is 7.06. The molecule has 7 nitrogen and oxygen atoms in total. The van der Waals surface area contributed by atoms with E-state index in [1.807, 2.05) is 4.90 Å². The molecule has 2 atom stereocenters. The third kappa shape index (κ3) is 4.15. The maximum absolute atomic E-state index is 13.0. The molecule has 2 unspecified atom stereocenters. The molecule has 31 heavy (non-hydrogen) atoms. The zero-order valence-electron chi connectivity index (χ0n) is 17.5. The van der Waals surface area contributed by atoms with Crippen LogP contribution < -0.4 is 10.2 Å². The van der Waals surface area contributed by atoms with Crippen molar-refractivity contribution >= 4 is 23.0 Å². The number of halogens is 3. The predicted octanol–water partition coefficient (Wildman–Crippen LogP) is 5.55. The molecule has 1 aromatic carbocycles. The number of nitrogens with zero attached hydrogens (tertiary/aromatic N) is 4. The molecular weight excluding hydrogens is 411 g/mol. The summed E-state index contributed by atoms with van der Waals surface area (Å²) in [7, 11) is 0. The quantitative estimate of drug-likeness (QED) is 0.501. The molecule has 1 N–H and O–H groups in total. The normalized spacial score (nSPS) is 24.8. The van der Waals surface area contributed by atoms with Gasteiger partial charge >= 0.3 is 11.9 Å². The van der Waals surface area contributed by atoms with Gasteiger partial charge in [0.25, 0.3) is 0 Å². The highest BCUT2D eigenvalue weighted by Crippen LogP contribution is 2.54. The van der Waals surface area contributed by atoms with E-state index in [4.69, 9.17) is 0 Å². The van der Waals surface area contributed by atoms with E-state index < -0.39 is 16.7 Å². The summed E-state index contributed by atoms with van der Waals surface area (Å²) in [5.41, 5.74) is -0.963. The summed E-state index contributed by atoms with van der Waals surface area (Å²) in [4.78, 5) is 21.6. The first-order chi connectivity index (χ1) is 14.4. The van der Waals surface area contributed by atoms with Gasteiger partial charge in [0.05, 0.1) is 10.5 Å². The van der Waals surface area contributed by atoms with Crippen molar-refractivity contribution in [2.24, 2.45) is 10.8 Å². The van der Waals surface area contributed by atoms with Crippen LogP contribution in [0.2, 0.25) is 0 Å². The molecule has 2 aliphatic rings. The molecule has 1 aromatic heterocycles. The first-order valence-electron chi connectivity index (χ1n) is 10.1. The third-order valence-corrected chi connectivity index (χ3v) is 6.13. The average Bonchev–Trinajstić information content (AvgIpc) is 2.89. The number of nitro groups is 1. The zero-order chi connectivity index (χ0) is 22.6. The highest BCUT2D eigenvalue weighted by Gasteiger charge is 2.51. The smallest absolute Gasteiger partial charge is 0.347 e. The summed E-state index contributed by atoms with van der Waals surface area (Å²) in [5.74, 6) is 0.0843. The van der Waals surface area contributed by atoms with Gasteiger partial charge in [-0.25, -0.2) is 9.97 Å². The molecule has 2 heterocycles. The monoisotopic (exact) mass is 435 g/mol. The molecule has 0 amide bonds. The SMILES string of the molecule is CC1(C)CC2CC(C)(CN2c2ncnc(Nc3cccc(C(F)(F)F)c3)c2[N+](=O)[O-])C1. The number of hydrogen-bond acceptors (Lipinski definition) is 6. The van der Waals surface area contributed by atoms with Crippen molar-refractivity contribution in [3.63, 3.8) is 0 Å². The van der Waals surface area contributed by atoms with Gasteiger partial charge in [0.1, 0.15) is 6.33 Å². The number of alkyl halides is 3. The Morgan fingerprint density at radius 1 is 1.23 bits per heavy atom. The molecule has 1 saturated carbocycles. The first kappa shape index (κ1) is 21.3. The van der Waals surface area contributed by atoms with Gasteiger partial charge in [-0.15, -0.1) is 0 Å². The van der Waals surface area contributed by atoms with Crippen LogP contribution in [0, 0.1) is 20.9 Å². The minimum atomic E-state index is -4.52. The van der Waals surface area contributed by atoms with E-state index in [2.05, 4.69) is 36.1 Å². The summed E-state index contributed by atoms with van der Waals surface area (Å²) in [5, 5.41) is 14.7. The van der Waals surface area contributed by atoms with E-state index >= 15 is 0 Å². The van der Waals surface area contributed by atoms with Crippen molar-refractivity contribution in [3.8, 4) is 0 Å². The fourth-order valence-electron chi connectivity index (χ4n) is 5.46. The Balaban J connectivity index is 1.71. The van der Waals surface area contributed by atoms with Crippen LogP contribution in [0.3, 0.4) is 0 Å². The molecule has 1 saturated heterocycles. The van der Waals surface area contributed by atoms with Gasteiger partial charge in [-0.2, -0.15) is 13.2 Å². The highest BCUT2D eigenvalue weighted by molar-refractivity contribution is 5.75. The number of hydrogen-bond donors (Lipinski definition) is 1. The van der Waals surface area contributed by atoms with Crippen LogP contribution in [0.15, 0.2) is 30.6 Å². The van der Waals surface area contributed by atoms with Gasteiger partial charge in [0.15, 0.2) is 0 Å². The van der Waals surface area contributed by atoms with E-state index in [-0.39, 0.29) is 39.9 Å². The average molecular weight is 435 g/mol. The Hall–Kier alpha value is -2.91. The van der Waals surface area contributed by atoms with Gasteiger partial charge in [-0.3, -0.25) is 10.1 Å². The van der Waals surface area contributed by atoms with Crippen LogP contribution in [-0.4, -0.2) is 27.5 Å². The van der Waals surface area contributed by atoms with Crippen LogP contribution in [0.1, 0.15) is 45.6 Å². The molecule has 1 aliphatic heterocycles. The van der Waals surface area contributed by atoms with Gasteiger partial charge in [0, 0.05) is 18.3 Å². The lowest BCUT2D eigenvalue weighted by molar-refractivity contribution is -0.383. The Bertz CT molecular complexity index is 1030. The summed E-state index contributed by atoms with van der Waals surface area (Å²) in [6.45, 7) is 7.24. The maximum atomic E-state index is 13.0. The van der Waals surface area contributed by atoms with Crippen molar-refractivity contribution in [1.29, 1.82) is 0 Å². The van der Waals surface area contributed by atoms with E-state index in [0.717, 1.165) is 31.4 Å². The highest BCUT2D eigenvalue weighted by atomic mass is 19.4. The van der Waals surface area contributed by atoms with Crippen molar-refractivity contribution in [3.05, 3.63) is 46.3 Å². The lowest BCUT2D eigenvalue weighted by Crippen LogP contribution is -2.35. The van der Waals surface area contributed by atoms with Gasteiger partial charge in [0.2, 0.25) is 11.6 Å². The van der Waals surface area contributed by atoms with Crippen LogP contribution in [0.4, 0.5) is 36.2 Å². The minimum absolute atomic E-state index is 0.0276. The second-order valence-corrected chi connectivity index (χ2v) is 9.70. The molecule has 4 rings (SSSR count). The number of aromatic nitrogens is 2. The van der Waals surface area contributed by atoms with Crippen molar-refractivity contribution in [2.45, 2.75) is 52.3 Å². The number of fused-ring (bicyclic) bond motifs is 2. The molecular formula is C21H24F3N5O2. The molecule has 2 fully saturated rings. The van der Waals surface area contributed by atoms with Crippen LogP contribution in [0.5, 0.6) is 0 Å². The molecule has 2 aromatic rings. The summed E-state index contributed by atoms with van der Waals surface area (Å²) < 4.78 is 39.1. The Morgan fingerprint density at radius 3 is 2.65 bits per heavy atom. The van der Waals surface area contributed by atoms with E-state index in [9.17, 15) is 23.3 Å². The summed E-state index contributed by atoms with van der Waals surface area (Å²) in [6, 6.07) is 4.61. The maximum Gasteiger partial charge on any atom is 0.416 e. The van der Waals surface area contributed by atoms with Crippen molar-refractivity contribution in [2.75, 3.05) is 16.8 Å². The van der Waals surface area contributed by atoms with Crippen molar-refractivity contribution in [1.82, 2.24) is 9.97 Å². The fraction of sp³-hybridized carbons (Fsp3) is 0.524. The molecule has 2 bridgehead atoms. The lowest BCUT2D eigenvalue weighted by atomic mass is 9.65. The fourth-order valence-corrected chi connectivity index (χ4v) is 5.46. The van der Waals surface area contributed by atoms with Gasteiger partial charge in [-0.05, 0) is 48.3 Å². The standard InChI is InChI=1S/C21H24F3N5O2/c1-19(2)8-15-9-20(3,10-19)11-28(15)18-16(29(30)31)17(25-12-26-18)27-14-6-4-5-13(7-14)21(22,23)24/h4-7,12,15H,8-11H2,1-3H3,(H,25,26,27). The number of nitrogens with one attached hydrogen (secondary N) is 1. The number of anilines is 3.